The Labute approximate surface area is 135 Å². The second kappa shape index (κ2) is 7.34. The average Bonchev–Trinajstić information content (AvgIpc) is 2.46. The first-order chi connectivity index (χ1) is 9.97. The number of halogens is 2. The minimum Gasteiger partial charge on any atom is -0.396 e. The van der Waals surface area contributed by atoms with Crippen LogP contribution in [0.5, 0.6) is 0 Å². The molecule has 0 radical (unpaired) electrons. The third kappa shape index (κ3) is 4.50. The molecular weight excluding hydrogens is 309 g/mol. The molecule has 0 aliphatic carbocycles. The van der Waals surface area contributed by atoms with Crippen molar-refractivity contribution in [3.63, 3.8) is 0 Å². The lowest BCUT2D eigenvalue weighted by molar-refractivity contribution is 0.0949. The number of nitrogens with zero attached hydrogens (tertiary/aromatic N) is 1. The first kappa shape index (κ1) is 16.4. The summed E-state index contributed by atoms with van der Waals surface area (Å²) < 4.78 is 0. The van der Waals surface area contributed by atoms with Crippen LogP contribution >= 0.6 is 23.2 Å². The summed E-state index contributed by atoms with van der Waals surface area (Å²) in [6.45, 7) is 2.95. The van der Waals surface area contributed by atoms with Gasteiger partial charge in [-0.2, -0.15) is 0 Å². The highest BCUT2D eigenvalue weighted by Gasteiger charge is 2.17. The van der Waals surface area contributed by atoms with Gasteiger partial charge in [-0.05, 0) is 57.5 Å². The number of nitrogens with two attached hydrogens (primary N) is 1. The van der Waals surface area contributed by atoms with Gasteiger partial charge in [-0.15, -0.1) is 0 Å². The molecule has 1 fully saturated rings. The van der Waals surface area contributed by atoms with Crippen molar-refractivity contribution in [3.05, 3.63) is 27.7 Å². The molecule has 4 nitrogen and oxygen atoms in total. The van der Waals surface area contributed by atoms with Gasteiger partial charge in [0.25, 0.3) is 5.91 Å². The number of rotatable bonds is 4. The molecule has 1 amide bonds. The number of hydrogen-bond donors (Lipinski definition) is 2. The van der Waals surface area contributed by atoms with Gasteiger partial charge in [0.1, 0.15) is 0 Å². The van der Waals surface area contributed by atoms with Crippen LogP contribution in [0.1, 0.15) is 29.6 Å². The molecule has 1 aliphatic heterocycles. The molecule has 0 saturated carbocycles. The summed E-state index contributed by atoms with van der Waals surface area (Å²) >= 11 is 11.9. The van der Waals surface area contributed by atoms with Crippen molar-refractivity contribution in [1.82, 2.24) is 10.2 Å². The number of nitrogens with one attached hydrogen (secondary N) is 1. The summed E-state index contributed by atoms with van der Waals surface area (Å²) in [6.07, 6.45) is 3.41. The standard InChI is InChI=1S/C15H21Cl2N3O/c1-20-6-3-10(4-7-20)2-5-19-15(21)11-8-12(16)14(18)13(17)9-11/h8-10H,2-7,18H2,1H3,(H,19,21). The topological polar surface area (TPSA) is 58.4 Å². The van der Waals surface area contributed by atoms with E-state index in [2.05, 4.69) is 17.3 Å². The largest absolute Gasteiger partial charge is 0.396 e. The number of anilines is 1. The van der Waals surface area contributed by atoms with Crippen LogP contribution in [0.2, 0.25) is 10.0 Å². The lowest BCUT2D eigenvalue weighted by Crippen LogP contribution is -2.32. The molecule has 0 bridgehead atoms. The zero-order chi connectivity index (χ0) is 15.4. The van der Waals surface area contributed by atoms with Crippen molar-refractivity contribution in [2.24, 2.45) is 5.92 Å². The van der Waals surface area contributed by atoms with E-state index >= 15 is 0 Å². The van der Waals surface area contributed by atoms with Crippen molar-refractivity contribution < 1.29 is 4.79 Å². The van der Waals surface area contributed by atoms with E-state index in [9.17, 15) is 4.79 Å². The predicted octanol–water partition coefficient (Wildman–Crippen LogP) is 3.04. The van der Waals surface area contributed by atoms with Crippen LogP contribution in [0.4, 0.5) is 5.69 Å². The van der Waals surface area contributed by atoms with E-state index in [4.69, 9.17) is 28.9 Å². The predicted molar refractivity (Wildman–Crippen MR) is 88.0 cm³/mol. The van der Waals surface area contributed by atoms with Crippen molar-refractivity contribution in [2.75, 3.05) is 32.4 Å². The molecule has 2 rings (SSSR count). The molecule has 1 aromatic rings. The third-order valence-corrected chi connectivity index (χ3v) is 4.64. The Balaban J connectivity index is 1.82. The maximum absolute atomic E-state index is 12.1. The number of benzene rings is 1. The van der Waals surface area contributed by atoms with Gasteiger partial charge in [-0.3, -0.25) is 4.79 Å². The smallest absolute Gasteiger partial charge is 0.251 e. The Kier molecular flexibility index (Phi) is 5.73. The van der Waals surface area contributed by atoms with Gasteiger partial charge in [0.2, 0.25) is 0 Å². The van der Waals surface area contributed by atoms with Crippen LogP contribution in [0.15, 0.2) is 12.1 Å². The first-order valence-electron chi connectivity index (χ1n) is 7.18. The molecule has 1 aromatic carbocycles. The van der Waals surface area contributed by atoms with Crippen molar-refractivity contribution in [2.45, 2.75) is 19.3 Å². The van der Waals surface area contributed by atoms with Crippen molar-refractivity contribution in [3.8, 4) is 0 Å². The van der Waals surface area contributed by atoms with Crippen molar-refractivity contribution >= 4 is 34.8 Å². The summed E-state index contributed by atoms with van der Waals surface area (Å²) in [6, 6.07) is 3.10. The summed E-state index contributed by atoms with van der Waals surface area (Å²) in [5.74, 6) is 0.534. The van der Waals surface area contributed by atoms with Crippen LogP contribution in [-0.2, 0) is 0 Å². The second-order valence-corrected chi connectivity index (χ2v) is 6.46. The summed E-state index contributed by atoms with van der Waals surface area (Å²) in [4.78, 5) is 14.4. The quantitative estimate of drug-likeness (QED) is 0.835. The van der Waals surface area contributed by atoms with Crippen LogP contribution < -0.4 is 11.1 Å². The third-order valence-electron chi connectivity index (χ3n) is 4.02. The highest BCUT2D eigenvalue weighted by Crippen LogP contribution is 2.28. The minimum atomic E-state index is -0.160. The minimum absolute atomic E-state index is 0.160. The lowest BCUT2D eigenvalue weighted by atomic mass is 9.94. The number of amides is 1. The monoisotopic (exact) mass is 329 g/mol. The van der Waals surface area contributed by atoms with E-state index in [-0.39, 0.29) is 5.91 Å². The number of hydrogen-bond acceptors (Lipinski definition) is 3. The van der Waals surface area contributed by atoms with E-state index in [0.29, 0.717) is 33.8 Å². The van der Waals surface area contributed by atoms with E-state index in [1.165, 1.54) is 12.8 Å². The van der Waals surface area contributed by atoms with Crippen molar-refractivity contribution in [1.29, 1.82) is 0 Å². The van der Waals surface area contributed by atoms with Gasteiger partial charge in [0.05, 0.1) is 15.7 Å². The molecule has 116 valence electrons. The summed E-state index contributed by atoms with van der Waals surface area (Å²) in [5.41, 5.74) is 6.41. The summed E-state index contributed by atoms with van der Waals surface area (Å²) in [7, 11) is 2.15. The van der Waals surface area contributed by atoms with E-state index in [1.54, 1.807) is 12.1 Å². The molecule has 0 atom stereocenters. The van der Waals surface area contributed by atoms with Crippen LogP contribution in [0.3, 0.4) is 0 Å². The number of carbonyl (C=O) groups is 1. The van der Waals surface area contributed by atoms with Gasteiger partial charge in [0, 0.05) is 12.1 Å². The molecule has 0 unspecified atom stereocenters. The van der Waals surface area contributed by atoms with E-state index < -0.39 is 0 Å². The molecule has 6 heteroatoms. The normalized spacial score (nSPS) is 16.9. The zero-order valence-electron chi connectivity index (χ0n) is 12.2. The highest BCUT2D eigenvalue weighted by atomic mass is 35.5. The zero-order valence-corrected chi connectivity index (χ0v) is 13.7. The maximum Gasteiger partial charge on any atom is 0.251 e. The van der Waals surface area contributed by atoms with Gasteiger partial charge < -0.3 is 16.0 Å². The average molecular weight is 330 g/mol. The van der Waals surface area contributed by atoms with Gasteiger partial charge >= 0.3 is 0 Å². The molecule has 21 heavy (non-hydrogen) atoms. The van der Waals surface area contributed by atoms with Gasteiger partial charge in [-0.1, -0.05) is 23.2 Å². The van der Waals surface area contributed by atoms with Crippen LogP contribution in [0, 0.1) is 5.92 Å². The molecular formula is C15H21Cl2N3O. The SMILES string of the molecule is CN1CCC(CCNC(=O)c2cc(Cl)c(N)c(Cl)c2)CC1. The van der Waals surface area contributed by atoms with Gasteiger partial charge in [0.15, 0.2) is 0 Å². The highest BCUT2D eigenvalue weighted by molar-refractivity contribution is 6.39. The molecule has 3 N–H and O–H groups in total. The molecule has 0 aromatic heterocycles. The Morgan fingerprint density at radius 1 is 1.33 bits per heavy atom. The second-order valence-electron chi connectivity index (χ2n) is 5.64. The molecule has 1 saturated heterocycles. The van der Waals surface area contributed by atoms with Gasteiger partial charge in [-0.25, -0.2) is 0 Å². The fraction of sp³-hybridized carbons (Fsp3) is 0.533. The number of nitrogen functional groups attached to an aromatic ring is 1. The molecule has 1 heterocycles. The fourth-order valence-corrected chi connectivity index (χ4v) is 3.05. The van der Waals surface area contributed by atoms with E-state index in [0.717, 1.165) is 19.5 Å². The Morgan fingerprint density at radius 3 is 2.48 bits per heavy atom. The number of piperidine rings is 1. The van der Waals surface area contributed by atoms with Crippen LogP contribution in [0.25, 0.3) is 0 Å². The fourth-order valence-electron chi connectivity index (χ4n) is 2.56. The Hall–Kier alpha value is -0.970. The molecule has 0 spiro atoms. The molecule has 1 aliphatic rings. The maximum atomic E-state index is 12.1. The lowest BCUT2D eigenvalue weighted by Gasteiger charge is -2.28. The Morgan fingerprint density at radius 2 is 1.90 bits per heavy atom. The Bertz CT molecular complexity index is 491. The van der Waals surface area contributed by atoms with E-state index in [1.807, 2.05) is 0 Å². The first-order valence-corrected chi connectivity index (χ1v) is 7.94. The summed E-state index contributed by atoms with van der Waals surface area (Å²) in [5, 5.41) is 3.54. The van der Waals surface area contributed by atoms with Crippen LogP contribution in [-0.4, -0.2) is 37.5 Å². The number of likely N-dealkylation sites (tertiary alicyclic amines) is 1. The number of carbonyl (C=O) groups excluding carboxylic acids is 1.